The highest BCUT2D eigenvalue weighted by molar-refractivity contribution is 6.51. The lowest BCUT2D eigenvalue weighted by Crippen LogP contribution is -2.52. The molecule has 0 heterocycles. The van der Waals surface area contributed by atoms with E-state index in [1.807, 2.05) is 41.9 Å². The second kappa shape index (κ2) is 4.59. The first-order valence-corrected chi connectivity index (χ1v) is 5.68. The van der Waals surface area contributed by atoms with E-state index in [9.17, 15) is 4.79 Å². The highest BCUT2D eigenvalue weighted by Gasteiger charge is 2.31. The van der Waals surface area contributed by atoms with Gasteiger partial charge in [-0.3, -0.25) is 4.79 Å². The van der Waals surface area contributed by atoms with Crippen LogP contribution < -0.4 is 5.19 Å². The van der Waals surface area contributed by atoms with Crippen molar-refractivity contribution in [1.29, 1.82) is 0 Å². The van der Waals surface area contributed by atoms with Crippen LogP contribution in [0.1, 0.15) is 13.8 Å². The van der Waals surface area contributed by atoms with Crippen molar-refractivity contribution >= 4 is 20.8 Å². The summed E-state index contributed by atoms with van der Waals surface area (Å²) in [5, 5.41) is 10.2. The molecule has 0 saturated carbocycles. The standard InChI is InChI=1S/C11H15NO2Si/c1-11(2,10(13)14)12(3)15-9-7-5-4-6-8-9/h4-8H,1-3H3,(H,13,14). The van der Waals surface area contributed by atoms with E-state index in [1.165, 1.54) is 0 Å². The van der Waals surface area contributed by atoms with Crippen LogP contribution in [0.15, 0.2) is 30.3 Å². The zero-order chi connectivity index (χ0) is 11.5. The molecule has 1 aromatic rings. The van der Waals surface area contributed by atoms with E-state index < -0.39 is 11.5 Å². The number of carboxylic acids is 1. The summed E-state index contributed by atoms with van der Waals surface area (Å²) in [5.74, 6) is -0.798. The summed E-state index contributed by atoms with van der Waals surface area (Å²) in [7, 11) is 2.21. The Balaban J connectivity index is 2.72. The normalized spacial score (nSPS) is 11.7. The van der Waals surface area contributed by atoms with Gasteiger partial charge in [-0.15, -0.1) is 0 Å². The molecule has 15 heavy (non-hydrogen) atoms. The third-order valence-corrected chi connectivity index (χ3v) is 3.92. The molecular weight excluding hydrogens is 206 g/mol. The number of carboxylic acid groups (broad SMARTS) is 1. The van der Waals surface area contributed by atoms with Crippen molar-refractivity contribution in [3.05, 3.63) is 30.3 Å². The fourth-order valence-electron chi connectivity index (χ4n) is 0.990. The minimum Gasteiger partial charge on any atom is -0.480 e. The number of nitrogens with zero attached hydrogens (tertiary/aromatic N) is 1. The smallest absolute Gasteiger partial charge is 0.322 e. The summed E-state index contributed by atoms with van der Waals surface area (Å²) in [6.07, 6.45) is 0. The van der Waals surface area contributed by atoms with Gasteiger partial charge in [0.2, 0.25) is 0 Å². The summed E-state index contributed by atoms with van der Waals surface area (Å²) < 4.78 is 1.85. The van der Waals surface area contributed by atoms with Crippen LogP contribution in [0.3, 0.4) is 0 Å². The van der Waals surface area contributed by atoms with Gasteiger partial charge in [0.05, 0.1) is 0 Å². The predicted octanol–water partition coefficient (Wildman–Crippen LogP) is 0.726. The number of benzene rings is 1. The maximum absolute atomic E-state index is 11.0. The first-order chi connectivity index (χ1) is 6.94. The molecule has 1 rings (SSSR count). The van der Waals surface area contributed by atoms with Gasteiger partial charge in [-0.1, -0.05) is 30.3 Å². The molecule has 0 atom stereocenters. The summed E-state index contributed by atoms with van der Waals surface area (Å²) in [6, 6.07) is 9.89. The Bertz CT molecular complexity index is 338. The van der Waals surface area contributed by atoms with E-state index in [4.69, 9.17) is 5.11 Å². The van der Waals surface area contributed by atoms with E-state index in [1.54, 1.807) is 13.8 Å². The molecule has 0 unspecified atom stereocenters. The largest absolute Gasteiger partial charge is 0.480 e. The summed E-state index contributed by atoms with van der Waals surface area (Å²) in [4.78, 5) is 11.0. The molecule has 0 spiro atoms. The van der Waals surface area contributed by atoms with Crippen LogP contribution in [0.2, 0.25) is 0 Å². The number of hydrogen-bond donors (Lipinski definition) is 1. The maximum atomic E-state index is 11.0. The molecule has 0 bridgehead atoms. The second-order valence-corrected chi connectivity index (χ2v) is 5.37. The molecule has 0 aliphatic rings. The minimum atomic E-state index is -0.825. The van der Waals surface area contributed by atoms with E-state index in [-0.39, 0.29) is 0 Å². The fourth-order valence-corrected chi connectivity index (χ4v) is 2.09. The molecule has 4 heteroatoms. The number of hydrogen-bond acceptors (Lipinski definition) is 2. The van der Waals surface area contributed by atoms with Crippen molar-refractivity contribution in [1.82, 2.24) is 4.57 Å². The molecule has 0 aliphatic carbocycles. The summed E-state index contributed by atoms with van der Waals surface area (Å²) >= 11 is 0. The van der Waals surface area contributed by atoms with Gasteiger partial charge in [0.15, 0.2) is 9.68 Å². The number of aliphatic carboxylic acids is 1. The lowest BCUT2D eigenvalue weighted by molar-refractivity contribution is -0.145. The molecule has 2 radical (unpaired) electrons. The second-order valence-electron chi connectivity index (χ2n) is 3.90. The molecule has 80 valence electrons. The summed E-state index contributed by atoms with van der Waals surface area (Å²) in [5.41, 5.74) is -0.825. The molecular formula is C11H15NO2Si. The molecule has 0 aliphatic heterocycles. The number of rotatable bonds is 4. The van der Waals surface area contributed by atoms with Gasteiger partial charge >= 0.3 is 5.97 Å². The van der Waals surface area contributed by atoms with Crippen molar-refractivity contribution in [2.24, 2.45) is 0 Å². The fraction of sp³-hybridized carbons (Fsp3) is 0.364. The van der Waals surface area contributed by atoms with Gasteiger partial charge in [-0.05, 0) is 26.1 Å². The highest BCUT2D eigenvalue weighted by atomic mass is 28.2. The zero-order valence-corrected chi connectivity index (χ0v) is 10.2. The van der Waals surface area contributed by atoms with Gasteiger partial charge in [0.1, 0.15) is 5.54 Å². The first kappa shape index (κ1) is 11.9. The molecule has 1 aromatic carbocycles. The monoisotopic (exact) mass is 221 g/mol. The van der Waals surface area contributed by atoms with Crippen molar-refractivity contribution in [2.75, 3.05) is 7.05 Å². The molecule has 0 saturated heterocycles. The third-order valence-electron chi connectivity index (χ3n) is 2.43. The van der Waals surface area contributed by atoms with Crippen molar-refractivity contribution < 1.29 is 9.90 Å². The summed E-state index contributed by atoms with van der Waals surface area (Å²) in [6.45, 7) is 3.43. The molecule has 3 nitrogen and oxygen atoms in total. The van der Waals surface area contributed by atoms with Gasteiger partial charge in [0, 0.05) is 0 Å². The van der Waals surface area contributed by atoms with Crippen LogP contribution in [-0.4, -0.2) is 37.9 Å². The lowest BCUT2D eigenvalue weighted by atomic mass is 10.1. The Labute approximate surface area is 92.6 Å². The Morgan fingerprint density at radius 3 is 2.33 bits per heavy atom. The Kier molecular flexibility index (Phi) is 3.65. The minimum absolute atomic E-state index is 0.375. The molecule has 0 aromatic heterocycles. The van der Waals surface area contributed by atoms with Crippen LogP contribution >= 0.6 is 0 Å². The van der Waals surface area contributed by atoms with E-state index in [0.717, 1.165) is 5.19 Å². The van der Waals surface area contributed by atoms with Crippen LogP contribution in [0.25, 0.3) is 0 Å². The van der Waals surface area contributed by atoms with E-state index in [0.29, 0.717) is 9.68 Å². The quantitative estimate of drug-likeness (QED) is 0.762. The predicted molar refractivity (Wildman–Crippen MR) is 61.3 cm³/mol. The average molecular weight is 221 g/mol. The Morgan fingerprint density at radius 2 is 1.87 bits per heavy atom. The van der Waals surface area contributed by atoms with Gasteiger partial charge in [-0.25, -0.2) is 0 Å². The molecule has 0 amide bonds. The number of carbonyl (C=O) groups is 1. The van der Waals surface area contributed by atoms with E-state index >= 15 is 0 Å². The number of likely N-dealkylation sites (N-methyl/N-ethyl adjacent to an activating group) is 1. The van der Waals surface area contributed by atoms with Crippen LogP contribution in [0.5, 0.6) is 0 Å². The third kappa shape index (κ3) is 2.91. The Morgan fingerprint density at radius 1 is 1.33 bits per heavy atom. The van der Waals surface area contributed by atoms with Crippen molar-refractivity contribution in [3.63, 3.8) is 0 Å². The lowest BCUT2D eigenvalue weighted by Gasteiger charge is -2.30. The average Bonchev–Trinajstić information content (AvgIpc) is 2.18. The van der Waals surface area contributed by atoms with E-state index in [2.05, 4.69) is 0 Å². The van der Waals surface area contributed by atoms with Crippen molar-refractivity contribution in [3.8, 4) is 0 Å². The van der Waals surface area contributed by atoms with Crippen molar-refractivity contribution in [2.45, 2.75) is 19.4 Å². The van der Waals surface area contributed by atoms with Gasteiger partial charge in [0.25, 0.3) is 0 Å². The van der Waals surface area contributed by atoms with Crippen LogP contribution in [0, 0.1) is 0 Å². The zero-order valence-electron chi connectivity index (χ0n) is 9.19. The topological polar surface area (TPSA) is 40.5 Å². The Hall–Kier alpha value is -1.13. The van der Waals surface area contributed by atoms with Gasteiger partial charge in [-0.2, -0.15) is 0 Å². The van der Waals surface area contributed by atoms with Gasteiger partial charge < -0.3 is 9.67 Å². The van der Waals surface area contributed by atoms with Crippen LogP contribution in [-0.2, 0) is 4.79 Å². The molecule has 1 N–H and O–H groups in total. The SMILES string of the molecule is CN([Si]c1ccccc1)C(C)(C)C(=O)O. The maximum Gasteiger partial charge on any atom is 0.322 e. The highest BCUT2D eigenvalue weighted by Crippen LogP contribution is 2.10. The van der Waals surface area contributed by atoms with Crippen LogP contribution in [0.4, 0.5) is 0 Å². The molecule has 0 fully saturated rings. The first-order valence-electron chi connectivity index (χ1n) is 4.73.